The molecule has 10 aromatic rings. The number of aliphatic carboxylic acids is 1. The van der Waals surface area contributed by atoms with Gasteiger partial charge in [-0.2, -0.15) is 0 Å². The number of benzene rings is 6. The van der Waals surface area contributed by atoms with E-state index in [9.17, 15) is 43.2 Å². The van der Waals surface area contributed by atoms with Gasteiger partial charge in [0.25, 0.3) is 0 Å². The minimum Gasteiger partial charge on any atom is -0.481 e. The summed E-state index contributed by atoms with van der Waals surface area (Å²) in [6.45, 7) is 15.8. The summed E-state index contributed by atoms with van der Waals surface area (Å²) in [4.78, 5) is 152. The maximum atomic E-state index is 14.0. The van der Waals surface area contributed by atoms with Crippen LogP contribution in [0.15, 0.2) is 146 Å². The number of aromatic amines is 4. The molecule has 696 valence electrons. The van der Waals surface area contributed by atoms with E-state index in [0.717, 1.165) is 221 Å². The number of imidazole rings is 4. The Morgan fingerprint density at radius 2 is 0.702 bits per heavy atom. The summed E-state index contributed by atoms with van der Waals surface area (Å²) in [5.74, 6) is 0.877. The number of hydrogen-bond acceptors (Lipinski definition) is 18. The largest absolute Gasteiger partial charge is 0.481 e. The van der Waals surface area contributed by atoms with E-state index in [4.69, 9.17) is 39.0 Å². The predicted octanol–water partition coefficient (Wildman–Crippen LogP) is 19.2. The lowest BCUT2D eigenvalue weighted by molar-refractivity contribution is -0.152. The Balaban J connectivity index is 0.000000192. The molecular weight excluding hydrogens is 1660 g/mol. The fraction of sp³-hybridized carbons (Fsp3) is 0.475. The van der Waals surface area contributed by atoms with E-state index in [-0.39, 0.29) is 85.5 Å². The molecule has 4 aromatic heterocycles. The molecule has 6 fully saturated rings. The molecule has 8 atom stereocenters. The van der Waals surface area contributed by atoms with Crippen LogP contribution < -0.4 is 16.0 Å². The third-order valence-electron chi connectivity index (χ3n) is 26.3. The molecule has 6 aliphatic rings. The van der Waals surface area contributed by atoms with Crippen LogP contribution in [0.25, 0.3) is 88.8 Å². The third-order valence-corrected chi connectivity index (χ3v) is 26.3. The number of carboxylic acid groups (broad SMARTS) is 1. The monoisotopic (exact) mass is 1790 g/mol. The van der Waals surface area contributed by atoms with Gasteiger partial charge in [-0.1, -0.05) is 171 Å². The number of nitrogens with zero attached hydrogens (tertiary/aromatic N) is 8. The topological polar surface area (TPSA) is 384 Å². The van der Waals surface area contributed by atoms with Crippen LogP contribution in [-0.2, 0) is 47.7 Å². The number of likely N-dealkylation sites (tertiary alicyclic amines) is 4. The van der Waals surface area contributed by atoms with Gasteiger partial charge in [0, 0.05) is 37.3 Å². The summed E-state index contributed by atoms with van der Waals surface area (Å²) in [7, 11) is 5.22. The lowest BCUT2D eigenvalue weighted by Crippen LogP contribution is -2.52. The van der Waals surface area contributed by atoms with Gasteiger partial charge in [-0.25, -0.2) is 39.1 Å². The summed E-state index contributed by atoms with van der Waals surface area (Å²) in [5, 5.41) is 21.8. The Morgan fingerprint density at radius 1 is 0.389 bits per heavy atom. The fourth-order valence-electron chi connectivity index (χ4n) is 19.2. The molecule has 30 nitrogen and oxygen atoms in total. The number of aromatic nitrogens is 8. The van der Waals surface area contributed by atoms with Crippen molar-refractivity contribution in [1.82, 2.24) is 75.4 Å². The van der Waals surface area contributed by atoms with Gasteiger partial charge in [-0.05, 0) is 201 Å². The number of fused-ring (bicyclic) bond motifs is 2. The normalized spacial score (nSPS) is 18.6. The van der Waals surface area contributed by atoms with E-state index in [1.54, 1.807) is 4.90 Å². The number of rotatable bonds is 23. The number of alkyl carbamates (subject to hydrolysis) is 3. The molecule has 0 radical (unpaired) electrons. The molecule has 4 saturated heterocycles. The Kier molecular flexibility index (Phi) is 31.6. The van der Waals surface area contributed by atoms with E-state index in [1.807, 2.05) is 88.0 Å². The maximum Gasteiger partial charge on any atom is 0.410 e. The van der Waals surface area contributed by atoms with E-state index in [0.29, 0.717) is 26.2 Å². The van der Waals surface area contributed by atoms with Gasteiger partial charge in [0.05, 0.1) is 113 Å². The van der Waals surface area contributed by atoms with Crippen molar-refractivity contribution in [3.05, 3.63) is 169 Å². The summed E-state index contributed by atoms with van der Waals surface area (Å²) >= 11 is 0. The van der Waals surface area contributed by atoms with Crippen LogP contribution in [0.5, 0.6) is 0 Å². The second-order valence-electron chi connectivity index (χ2n) is 36.7. The number of carbonyl (C=O) groups is 9. The SMILES string of the molecule is C.COC(=O)C[C@@H](C(=O)O)C1CCCCC1.COC(=O)N[C@H](C(=O)N1CCC[C@H]1c1ncc(-c2ccc3cc(-c4ccc(-c5cnc([C@@H]6CCCN6C(=O)OC(C)(C)C)[nH]5)cc4)ccc3c2)[nH]1)C(C)C.COC(=O)N[C@H](C(=O)N1CCC[C@H]1c1ncc(-c2ccc3cc(-c4ccc(-c5cnc([C@@H]6CCCN6C(=O)[C@H](NC(=O)OC)C6CCCCC6)[nH]5)cc4)ccc3c2)[nH]1)C(C)C. The molecule has 0 unspecified atom stereocenters. The number of methoxy groups -OCH3 is 4. The Hall–Kier alpha value is -12.9. The first kappa shape index (κ1) is 95.7. The van der Waals surface area contributed by atoms with Crippen molar-refractivity contribution in [2.45, 2.75) is 226 Å². The number of ether oxygens (including phenoxy) is 5. The summed E-state index contributed by atoms with van der Waals surface area (Å²) < 4.78 is 24.6. The van der Waals surface area contributed by atoms with Crippen molar-refractivity contribution >= 4 is 75.6 Å². The molecule has 8 heterocycles. The van der Waals surface area contributed by atoms with Gasteiger partial charge in [0.15, 0.2) is 0 Å². The zero-order chi connectivity index (χ0) is 92.0. The van der Waals surface area contributed by atoms with Crippen LogP contribution >= 0.6 is 0 Å². The zero-order valence-electron chi connectivity index (χ0n) is 76.3. The molecule has 8 N–H and O–H groups in total. The number of amides is 7. The molecule has 2 saturated carbocycles. The molecule has 131 heavy (non-hydrogen) atoms. The van der Waals surface area contributed by atoms with E-state index < -0.39 is 59.9 Å². The highest BCUT2D eigenvalue weighted by Gasteiger charge is 2.43. The summed E-state index contributed by atoms with van der Waals surface area (Å²) in [5.41, 5.74) is 11.4. The lowest BCUT2D eigenvalue weighted by Gasteiger charge is -2.34. The van der Waals surface area contributed by atoms with Gasteiger partial charge in [-0.15, -0.1) is 0 Å². The van der Waals surface area contributed by atoms with E-state index in [2.05, 4.69) is 167 Å². The van der Waals surface area contributed by atoms with Gasteiger partial charge < -0.3 is 79.4 Å². The molecule has 6 aromatic carbocycles. The highest BCUT2D eigenvalue weighted by atomic mass is 16.6. The lowest BCUT2D eigenvalue weighted by atomic mass is 9.78. The fourth-order valence-corrected chi connectivity index (χ4v) is 19.2. The van der Waals surface area contributed by atoms with Crippen molar-refractivity contribution in [3.63, 3.8) is 0 Å². The van der Waals surface area contributed by atoms with Gasteiger partial charge in [0.2, 0.25) is 17.7 Å². The smallest absolute Gasteiger partial charge is 0.410 e. The van der Waals surface area contributed by atoms with E-state index in [1.165, 1.54) is 34.9 Å². The maximum absolute atomic E-state index is 14.0. The minimum absolute atomic E-state index is 0. The molecule has 7 amide bonds. The van der Waals surface area contributed by atoms with Crippen LogP contribution in [0.2, 0.25) is 0 Å². The highest BCUT2D eigenvalue weighted by Crippen LogP contribution is 2.42. The van der Waals surface area contributed by atoms with Crippen molar-refractivity contribution < 1.29 is 71.9 Å². The van der Waals surface area contributed by atoms with Crippen molar-refractivity contribution in [2.24, 2.45) is 29.6 Å². The molecular formula is C101H127N15O15. The summed E-state index contributed by atoms with van der Waals surface area (Å²) in [6.07, 6.45) is 22.2. The Labute approximate surface area is 765 Å². The second kappa shape index (κ2) is 43.2. The van der Waals surface area contributed by atoms with Crippen LogP contribution in [0.4, 0.5) is 19.2 Å². The predicted molar refractivity (Wildman–Crippen MR) is 500 cm³/mol. The van der Waals surface area contributed by atoms with E-state index >= 15 is 0 Å². The second-order valence-corrected chi connectivity index (χ2v) is 36.7. The minimum atomic E-state index is -0.868. The van der Waals surface area contributed by atoms with Crippen LogP contribution in [0.1, 0.15) is 225 Å². The van der Waals surface area contributed by atoms with Gasteiger partial charge >= 0.3 is 36.3 Å². The Morgan fingerprint density at radius 3 is 1.05 bits per heavy atom. The molecule has 16 rings (SSSR count). The number of hydrogen-bond donors (Lipinski definition) is 8. The number of H-pyrrole nitrogens is 4. The summed E-state index contributed by atoms with van der Waals surface area (Å²) in [6, 6.07) is 39.8. The number of esters is 1. The molecule has 0 spiro atoms. The average Bonchev–Trinajstić information content (AvgIpc) is 1.69. The zero-order valence-corrected chi connectivity index (χ0v) is 76.3. The van der Waals surface area contributed by atoms with Crippen LogP contribution in [0, 0.1) is 29.6 Å². The first-order valence-corrected chi connectivity index (χ1v) is 45.9. The number of nitrogens with one attached hydrogen (secondary N) is 7. The first-order valence-electron chi connectivity index (χ1n) is 45.9. The van der Waals surface area contributed by atoms with Crippen molar-refractivity contribution in [1.29, 1.82) is 0 Å². The molecule has 30 heteroatoms. The number of carbonyl (C=O) groups excluding carboxylic acids is 8. The number of carboxylic acids is 1. The van der Waals surface area contributed by atoms with Gasteiger partial charge in [-0.3, -0.25) is 28.9 Å². The molecule has 0 bridgehead atoms. The molecule has 4 aliphatic heterocycles. The Bertz CT molecular complexity index is 5640. The third kappa shape index (κ3) is 22.9. The standard InChI is InChI=1S/C47H56N8O6.C42H49N7O5.C11H18O4.CH4/c1-28(2)40(52-46(58)60-3)44(56)54-22-8-12-38(54)43-49-27-37(51-43)35-21-20-33-24-32(18-19-34(33)25-35)29-14-16-30(17-15-29)36-26-48-42(50-36)39-13-9-23-55(39)45(57)41(53-47(59)61-4)31-10-6-5-7-11-31;1-25(2)36(47-40(51)53-6)39(50)48-19-7-9-34(48)37-44-24-33(46-37)31-18-17-29-21-28(15-16-30(29)22-31)26-11-13-27(14-12-26)32-23-43-38(45-32)35-10-8-20-49(35)41(52)54-42(3,4)5;1-15-10(12)7-9(11(13)14)8-5-3-2-4-6-8;/h14-21,24-28,31,38-41H,5-13,22-23H2,1-4H3,(H,48,50)(H,49,51)(H,52,58)(H,53,59);11-18,21-25,34-36H,7-10,19-20H2,1-6H3,(H,43,45)(H,44,46)(H,47,51);8-9H,2-7H2,1H3,(H,13,14);1H4/t38-,39-,40-,41+;34-,35-,36-;9-;/m001./s1. The highest BCUT2D eigenvalue weighted by molar-refractivity contribution is 5.93. The van der Waals surface area contributed by atoms with Crippen molar-refractivity contribution in [2.75, 3.05) is 54.6 Å². The quantitative estimate of drug-likeness (QED) is 0.0218. The van der Waals surface area contributed by atoms with Gasteiger partial charge in [0.1, 0.15) is 47.0 Å². The first-order chi connectivity index (χ1) is 62.6. The van der Waals surface area contributed by atoms with Crippen LogP contribution in [0.3, 0.4) is 0 Å². The average molecular weight is 1790 g/mol. The van der Waals surface area contributed by atoms with Crippen molar-refractivity contribution in [3.8, 4) is 67.3 Å². The molecule has 2 aliphatic carbocycles. The van der Waals surface area contributed by atoms with Crippen LogP contribution in [-0.4, -0.2) is 197 Å².